The van der Waals surface area contributed by atoms with Gasteiger partial charge in [0.1, 0.15) is 35.6 Å². The van der Waals surface area contributed by atoms with Crippen molar-refractivity contribution >= 4 is 182 Å². The number of benzene rings is 3. The summed E-state index contributed by atoms with van der Waals surface area (Å²) in [7, 11) is -7.45. The second-order valence-electron chi connectivity index (χ2n) is 17.2. The van der Waals surface area contributed by atoms with Crippen molar-refractivity contribution in [3.63, 3.8) is 0 Å². The number of nitrogens with zero attached hydrogens (tertiary/aromatic N) is 3. The molecule has 6 N–H and O–H groups in total. The molecule has 81 heavy (non-hydrogen) atoms. The Balaban J connectivity index is 0.000000257. The molecule has 3 aromatic heterocycles. The fraction of sp³-hybridized carbons (Fsp3) is 0.312. The standard InChI is InChI=1S/3C15H14BrClFN3O3S2.3CH4/c3*1-21-13(15(22)19-9-2-3-11(18)10(17)5-9)6-12(20-26(21,23)24)14-4-8(16)7-25-14;;;/h3*2-5,7,12-13,20H,6H2,1H3,(H,19,22);3*1H4/t2*12-,13+;;;;/m10..../s1. The number of carbonyl (C=O) groups is 3. The van der Waals surface area contributed by atoms with E-state index >= 15 is 0 Å². The van der Waals surface area contributed by atoms with Gasteiger partial charge in [0.2, 0.25) is 17.7 Å². The van der Waals surface area contributed by atoms with E-state index < -0.39 is 102 Å². The lowest BCUT2D eigenvalue weighted by atomic mass is 10.1. The highest BCUT2D eigenvalue weighted by Crippen LogP contribution is 2.37. The minimum absolute atomic E-state index is 0. The molecule has 444 valence electrons. The Hall–Kier alpha value is -3.12. The molecule has 9 rings (SSSR count). The first kappa shape index (κ1) is 70.4. The zero-order chi connectivity index (χ0) is 57.2. The fourth-order valence-electron chi connectivity index (χ4n) is 7.82. The highest BCUT2D eigenvalue weighted by molar-refractivity contribution is 9.11. The number of likely N-dealkylation sites (N-methyl/N-ethyl adjacent to an activating group) is 3. The van der Waals surface area contributed by atoms with Gasteiger partial charge in [0, 0.05) is 82.4 Å². The Morgan fingerprint density at radius 1 is 0.481 bits per heavy atom. The fourth-order valence-corrected chi connectivity index (χ4v) is 16.9. The molecule has 0 radical (unpaired) electrons. The average Bonchev–Trinajstić information content (AvgIpc) is 4.31. The van der Waals surface area contributed by atoms with Crippen LogP contribution < -0.4 is 30.1 Å². The predicted molar refractivity (Wildman–Crippen MR) is 329 cm³/mol. The molecule has 33 heteroatoms. The Labute approximate surface area is 521 Å². The Kier molecular flexibility index (Phi) is 25.5. The lowest BCUT2D eigenvalue weighted by molar-refractivity contribution is -0.120. The van der Waals surface area contributed by atoms with Crippen molar-refractivity contribution in [1.82, 2.24) is 27.1 Å². The normalized spacial score (nSPS) is 22.1. The van der Waals surface area contributed by atoms with E-state index in [1.54, 1.807) is 0 Å². The summed E-state index contributed by atoms with van der Waals surface area (Å²) in [5.74, 6) is -3.35. The summed E-state index contributed by atoms with van der Waals surface area (Å²) < 4.78 is 127. The molecule has 0 spiro atoms. The summed E-state index contributed by atoms with van der Waals surface area (Å²) in [5.41, 5.74) is 0.878. The molecule has 3 saturated heterocycles. The molecule has 2 unspecified atom stereocenters. The van der Waals surface area contributed by atoms with Crippen LogP contribution >= 0.6 is 117 Å². The summed E-state index contributed by atoms with van der Waals surface area (Å²) >= 11 is 31.4. The quantitative estimate of drug-likeness (QED) is 0.0806. The van der Waals surface area contributed by atoms with Gasteiger partial charge < -0.3 is 16.0 Å². The molecular weight excluding hydrogens is 1440 g/mol. The number of nitrogens with one attached hydrogen (secondary N) is 6. The van der Waals surface area contributed by atoms with Crippen LogP contribution in [0.4, 0.5) is 30.2 Å². The van der Waals surface area contributed by atoms with Crippen LogP contribution in [0.1, 0.15) is 74.3 Å². The minimum Gasteiger partial charge on any atom is -0.325 e. The summed E-state index contributed by atoms with van der Waals surface area (Å²) in [5, 5.41) is 12.9. The largest absolute Gasteiger partial charge is 0.325 e. The molecule has 6 atom stereocenters. The zero-order valence-electron chi connectivity index (χ0n) is 40.1. The van der Waals surface area contributed by atoms with Crippen molar-refractivity contribution in [1.29, 1.82) is 0 Å². The van der Waals surface area contributed by atoms with Crippen LogP contribution in [0.2, 0.25) is 15.1 Å². The van der Waals surface area contributed by atoms with Gasteiger partial charge in [0.05, 0.1) is 33.2 Å². The van der Waals surface area contributed by atoms with Crippen LogP contribution in [0.15, 0.2) is 102 Å². The zero-order valence-corrected chi connectivity index (χ0v) is 52.0. The average molecular weight is 1500 g/mol. The van der Waals surface area contributed by atoms with Gasteiger partial charge in [-0.3, -0.25) is 14.4 Å². The van der Waals surface area contributed by atoms with Crippen LogP contribution in [-0.2, 0) is 45.0 Å². The van der Waals surface area contributed by atoms with E-state index in [1.165, 1.54) is 91.6 Å². The highest BCUT2D eigenvalue weighted by Gasteiger charge is 2.44. The first-order valence-corrected chi connectivity index (χ1v) is 32.7. The monoisotopic (exact) mass is 1490 g/mol. The van der Waals surface area contributed by atoms with Crippen molar-refractivity contribution in [2.24, 2.45) is 0 Å². The van der Waals surface area contributed by atoms with Gasteiger partial charge in [-0.05, 0) is 140 Å². The summed E-state index contributed by atoms with van der Waals surface area (Å²) in [6.45, 7) is 0. The lowest BCUT2D eigenvalue weighted by Gasteiger charge is -2.35. The molecule has 3 fully saturated rings. The van der Waals surface area contributed by atoms with Crippen LogP contribution in [-0.4, -0.2) is 95.2 Å². The summed E-state index contributed by atoms with van der Waals surface area (Å²) in [6, 6.07) is 12.5. The summed E-state index contributed by atoms with van der Waals surface area (Å²) in [4.78, 5) is 40.4. The Morgan fingerprint density at radius 3 is 0.914 bits per heavy atom. The van der Waals surface area contributed by atoms with Crippen LogP contribution in [0.5, 0.6) is 0 Å². The molecule has 0 bridgehead atoms. The first-order chi connectivity index (χ1) is 36.5. The molecule has 0 aliphatic carbocycles. The molecule has 6 heterocycles. The maximum Gasteiger partial charge on any atom is 0.280 e. The first-order valence-electron chi connectivity index (χ1n) is 22.3. The van der Waals surface area contributed by atoms with Crippen LogP contribution in [0, 0.1) is 17.5 Å². The van der Waals surface area contributed by atoms with E-state index in [9.17, 15) is 52.8 Å². The number of halogens is 9. The van der Waals surface area contributed by atoms with Gasteiger partial charge in [0.15, 0.2) is 0 Å². The SMILES string of the molecule is C.C.C.CN1C(C(=O)Nc2ccc(F)c(Cl)c2)CC(c2cc(Br)cs2)NS1(=O)=O.CN1[C@@H](C(=O)Nc2ccc(F)c(Cl)c2)C[C@@H](c2cc(Br)cs2)NS1(=O)=O.CN1[C@H](C(=O)Nc2ccc(F)c(Cl)c2)C[C@H](c2cc(Br)cs2)NS1(=O)=O. The van der Waals surface area contributed by atoms with Gasteiger partial charge in [-0.15, -0.1) is 34.0 Å². The Morgan fingerprint density at radius 2 is 0.716 bits per heavy atom. The van der Waals surface area contributed by atoms with Crippen molar-refractivity contribution in [3.05, 3.63) is 150 Å². The maximum absolute atomic E-state index is 13.3. The Bertz CT molecular complexity index is 3230. The third-order valence-electron chi connectivity index (χ3n) is 12.0. The van der Waals surface area contributed by atoms with E-state index in [0.29, 0.717) is 17.1 Å². The lowest BCUT2D eigenvalue weighted by Crippen LogP contribution is -2.55. The number of amides is 3. The third kappa shape index (κ3) is 17.7. The number of hydrogen-bond acceptors (Lipinski definition) is 12. The van der Waals surface area contributed by atoms with Gasteiger partial charge >= 0.3 is 0 Å². The molecule has 0 saturated carbocycles. The van der Waals surface area contributed by atoms with Crippen LogP contribution in [0.25, 0.3) is 0 Å². The number of carbonyl (C=O) groups excluding carboxylic acids is 3. The molecule has 3 aliphatic rings. The summed E-state index contributed by atoms with van der Waals surface area (Å²) in [6.07, 6.45) is 0.760. The number of thiophene rings is 3. The van der Waals surface area contributed by atoms with Crippen molar-refractivity contribution in [3.8, 4) is 0 Å². The molecule has 6 aromatic rings. The number of hydrogen-bond donors (Lipinski definition) is 6. The van der Waals surface area contributed by atoms with E-state index in [1.807, 2.05) is 34.3 Å². The number of anilines is 3. The van der Waals surface area contributed by atoms with Crippen molar-refractivity contribution < 1.29 is 52.8 Å². The molecule has 3 aliphatic heterocycles. The van der Waals surface area contributed by atoms with Crippen molar-refractivity contribution in [2.75, 3.05) is 37.1 Å². The minimum atomic E-state index is -3.82. The van der Waals surface area contributed by atoms with Crippen LogP contribution in [0.3, 0.4) is 0 Å². The molecular formula is C48H54Br3Cl3F3N9O9S6. The smallest absolute Gasteiger partial charge is 0.280 e. The predicted octanol–water partition coefficient (Wildman–Crippen LogP) is 12.5. The second kappa shape index (κ2) is 29.3. The van der Waals surface area contributed by atoms with Gasteiger partial charge in [0.25, 0.3) is 30.6 Å². The molecule has 18 nitrogen and oxygen atoms in total. The van der Waals surface area contributed by atoms with Gasteiger partial charge in [-0.2, -0.15) is 52.3 Å². The van der Waals surface area contributed by atoms with Gasteiger partial charge in [-0.25, -0.2) is 13.2 Å². The highest BCUT2D eigenvalue weighted by atomic mass is 79.9. The van der Waals surface area contributed by atoms with Gasteiger partial charge in [-0.1, -0.05) is 57.1 Å². The number of rotatable bonds is 9. The molecule has 3 amide bonds. The van der Waals surface area contributed by atoms with E-state index in [0.717, 1.165) is 59.2 Å². The maximum atomic E-state index is 13.3. The van der Waals surface area contributed by atoms with Crippen molar-refractivity contribution in [2.45, 2.75) is 77.8 Å². The topological polar surface area (TPSA) is 236 Å². The van der Waals surface area contributed by atoms with E-state index in [-0.39, 0.29) is 56.6 Å². The third-order valence-corrected chi connectivity index (χ3v) is 23.0. The molecule has 3 aromatic carbocycles. The second-order valence-corrected chi connectivity index (χ2v) is 29.3. The van der Waals surface area contributed by atoms with E-state index in [2.05, 4.69) is 77.9 Å². The van der Waals surface area contributed by atoms with E-state index in [4.69, 9.17) is 34.8 Å².